The van der Waals surface area contributed by atoms with E-state index in [0.29, 0.717) is 0 Å². The Bertz CT molecular complexity index is 439. The first-order valence-corrected chi connectivity index (χ1v) is 4.84. The minimum Gasteiger partial charge on any atom is -0.478 e. The Balaban J connectivity index is 2.72. The van der Waals surface area contributed by atoms with E-state index in [9.17, 15) is 9.59 Å². The fourth-order valence-electron chi connectivity index (χ4n) is 0.953. The molecule has 0 atom stereocenters. The van der Waals surface area contributed by atoms with Crippen molar-refractivity contribution in [2.24, 2.45) is 0 Å². The Hall–Kier alpha value is -2.18. The Labute approximate surface area is 97.8 Å². The number of carboxylic acid groups (broad SMARTS) is 1. The van der Waals surface area contributed by atoms with Crippen LogP contribution in [0.2, 0.25) is 0 Å². The van der Waals surface area contributed by atoms with Crippen molar-refractivity contribution in [1.82, 2.24) is 10.2 Å². The highest BCUT2D eigenvalue weighted by Gasteiger charge is 2.17. The van der Waals surface area contributed by atoms with Crippen LogP contribution in [0.25, 0.3) is 0 Å². The lowest BCUT2D eigenvalue weighted by Crippen LogP contribution is -2.27. The van der Waals surface area contributed by atoms with Crippen molar-refractivity contribution in [3.8, 4) is 0 Å². The predicted octanol–water partition coefficient (Wildman–Crippen LogP) is 1.52. The number of nitrogens with one attached hydrogen (secondary N) is 1. The molecule has 0 aliphatic carbocycles. The molecule has 2 N–H and O–H groups in total. The number of nitrogens with zero attached hydrogens (tertiary/aromatic N) is 2. The van der Waals surface area contributed by atoms with Crippen molar-refractivity contribution in [3.63, 3.8) is 0 Å². The van der Waals surface area contributed by atoms with Gasteiger partial charge >= 0.3 is 12.1 Å². The molecule has 0 radical (unpaired) electrons. The summed E-state index contributed by atoms with van der Waals surface area (Å²) in [5.41, 5.74) is -0.701. The Kier molecular flexibility index (Phi) is 3.62. The van der Waals surface area contributed by atoms with Crippen LogP contribution >= 0.6 is 0 Å². The van der Waals surface area contributed by atoms with Gasteiger partial charge in [-0.2, -0.15) is 5.10 Å². The molecule has 0 saturated heterocycles. The van der Waals surface area contributed by atoms with E-state index in [1.54, 1.807) is 20.8 Å². The largest absolute Gasteiger partial charge is 0.478 e. The fraction of sp³-hybridized carbons (Fsp3) is 0.400. The molecule has 17 heavy (non-hydrogen) atoms. The maximum absolute atomic E-state index is 11.4. The van der Waals surface area contributed by atoms with E-state index in [-0.39, 0.29) is 11.4 Å². The number of rotatable bonds is 2. The van der Waals surface area contributed by atoms with Gasteiger partial charge in [-0.3, -0.25) is 5.32 Å². The number of aromatic carboxylic acids is 1. The van der Waals surface area contributed by atoms with Gasteiger partial charge in [0.25, 0.3) is 0 Å². The Morgan fingerprint density at radius 1 is 1.41 bits per heavy atom. The standard InChI is InChI=1S/C10H13N3O4/c1-10(2,3)17-9(16)12-7-4-6(8(14)15)5-11-13-7/h4-5H,1-3H3,(H,14,15)(H,12,13,16). The summed E-state index contributed by atoms with van der Waals surface area (Å²) in [7, 11) is 0. The maximum atomic E-state index is 11.4. The van der Waals surface area contributed by atoms with Gasteiger partial charge in [0.05, 0.1) is 11.8 Å². The van der Waals surface area contributed by atoms with Crippen LogP contribution in [-0.2, 0) is 4.74 Å². The van der Waals surface area contributed by atoms with E-state index in [4.69, 9.17) is 9.84 Å². The zero-order valence-corrected chi connectivity index (χ0v) is 9.72. The van der Waals surface area contributed by atoms with Crippen LogP contribution < -0.4 is 5.32 Å². The lowest BCUT2D eigenvalue weighted by Gasteiger charge is -2.19. The third-order valence-electron chi connectivity index (χ3n) is 1.53. The Morgan fingerprint density at radius 2 is 2.06 bits per heavy atom. The van der Waals surface area contributed by atoms with E-state index < -0.39 is 17.7 Å². The van der Waals surface area contributed by atoms with Gasteiger partial charge in [-0.15, -0.1) is 5.10 Å². The summed E-state index contributed by atoms with van der Waals surface area (Å²) >= 11 is 0. The zero-order chi connectivity index (χ0) is 13.1. The maximum Gasteiger partial charge on any atom is 0.413 e. The smallest absolute Gasteiger partial charge is 0.413 e. The van der Waals surface area contributed by atoms with Gasteiger partial charge in [0, 0.05) is 0 Å². The highest BCUT2D eigenvalue weighted by atomic mass is 16.6. The average molecular weight is 239 g/mol. The van der Waals surface area contributed by atoms with E-state index in [1.807, 2.05) is 0 Å². The van der Waals surface area contributed by atoms with Crippen molar-refractivity contribution < 1.29 is 19.4 Å². The number of carbonyl (C=O) groups excluding carboxylic acids is 1. The molecule has 0 aromatic carbocycles. The summed E-state index contributed by atoms with van der Waals surface area (Å²) in [5, 5.41) is 18.0. The van der Waals surface area contributed by atoms with E-state index in [0.717, 1.165) is 6.20 Å². The summed E-state index contributed by atoms with van der Waals surface area (Å²) in [6.45, 7) is 5.14. The van der Waals surface area contributed by atoms with Crippen LogP contribution in [0.1, 0.15) is 31.1 Å². The SMILES string of the molecule is CC(C)(C)OC(=O)Nc1cc(C(=O)O)cnn1. The summed E-state index contributed by atoms with van der Waals surface area (Å²) in [6, 6.07) is 1.19. The van der Waals surface area contributed by atoms with Crippen molar-refractivity contribution in [1.29, 1.82) is 0 Å². The monoisotopic (exact) mass is 239 g/mol. The van der Waals surface area contributed by atoms with Gasteiger partial charge in [0.2, 0.25) is 0 Å². The molecule has 0 spiro atoms. The molecule has 0 unspecified atom stereocenters. The van der Waals surface area contributed by atoms with Crippen LogP contribution in [-0.4, -0.2) is 33.0 Å². The second-order valence-corrected chi connectivity index (χ2v) is 4.26. The van der Waals surface area contributed by atoms with Gasteiger partial charge in [-0.25, -0.2) is 9.59 Å². The number of hydrogen-bond acceptors (Lipinski definition) is 5. The van der Waals surface area contributed by atoms with Crippen LogP contribution in [0.15, 0.2) is 12.3 Å². The van der Waals surface area contributed by atoms with Crippen LogP contribution in [0.4, 0.5) is 10.6 Å². The summed E-state index contributed by atoms with van der Waals surface area (Å²) in [5.74, 6) is -1.12. The van der Waals surface area contributed by atoms with Crippen LogP contribution in [0.3, 0.4) is 0 Å². The van der Waals surface area contributed by atoms with Crippen molar-refractivity contribution in [2.45, 2.75) is 26.4 Å². The average Bonchev–Trinajstić information content (AvgIpc) is 2.14. The molecule has 1 aromatic heterocycles. The van der Waals surface area contributed by atoms with Gasteiger partial charge in [-0.1, -0.05) is 0 Å². The van der Waals surface area contributed by atoms with E-state index in [2.05, 4.69) is 15.5 Å². The number of ether oxygens (including phenoxy) is 1. The number of anilines is 1. The van der Waals surface area contributed by atoms with E-state index in [1.165, 1.54) is 6.07 Å². The van der Waals surface area contributed by atoms with Gasteiger partial charge in [-0.05, 0) is 26.8 Å². The number of aromatic nitrogens is 2. The normalized spacial score (nSPS) is 10.8. The summed E-state index contributed by atoms with van der Waals surface area (Å²) in [4.78, 5) is 22.0. The number of carboxylic acids is 1. The quantitative estimate of drug-likeness (QED) is 0.811. The highest BCUT2D eigenvalue weighted by molar-refractivity contribution is 5.90. The first-order chi connectivity index (χ1) is 7.78. The highest BCUT2D eigenvalue weighted by Crippen LogP contribution is 2.10. The molecule has 7 heteroatoms. The van der Waals surface area contributed by atoms with Crippen molar-refractivity contribution in [2.75, 3.05) is 5.32 Å². The lowest BCUT2D eigenvalue weighted by molar-refractivity contribution is 0.0631. The van der Waals surface area contributed by atoms with Gasteiger partial charge in [0.15, 0.2) is 5.82 Å². The molecule has 0 aliphatic heterocycles. The predicted molar refractivity (Wildman–Crippen MR) is 58.8 cm³/mol. The molecular formula is C10H13N3O4. The molecule has 92 valence electrons. The summed E-state index contributed by atoms with van der Waals surface area (Å²) in [6.07, 6.45) is 0.372. The molecule has 1 aromatic rings. The first-order valence-electron chi connectivity index (χ1n) is 4.84. The van der Waals surface area contributed by atoms with Gasteiger partial charge in [0.1, 0.15) is 5.60 Å². The van der Waals surface area contributed by atoms with Crippen molar-refractivity contribution in [3.05, 3.63) is 17.8 Å². The molecule has 0 aliphatic rings. The van der Waals surface area contributed by atoms with Crippen LogP contribution in [0, 0.1) is 0 Å². The molecule has 1 amide bonds. The molecule has 1 rings (SSSR count). The second-order valence-electron chi connectivity index (χ2n) is 4.26. The van der Waals surface area contributed by atoms with Gasteiger partial charge < -0.3 is 9.84 Å². The molecule has 1 heterocycles. The molecule has 0 saturated carbocycles. The Morgan fingerprint density at radius 3 is 2.59 bits per heavy atom. The minimum absolute atomic E-state index is 0.0270. The lowest BCUT2D eigenvalue weighted by atomic mass is 10.2. The third kappa shape index (κ3) is 4.45. The molecule has 0 bridgehead atoms. The van der Waals surface area contributed by atoms with Crippen molar-refractivity contribution >= 4 is 17.9 Å². The molecule has 0 fully saturated rings. The first kappa shape index (κ1) is 12.9. The molecular weight excluding hydrogens is 226 g/mol. The zero-order valence-electron chi connectivity index (χ0n) is 9.72. The van der Waals surface area contributed by atoms with E-state index >= 15 is 0 Å². The molecule has 7 nitrogen and oxygen atoms in total. The number of hydrogen-bond donors (Lipinski definition) is 2. The second kappa shape index (κ2) is 4.77. The number of carbonyl (C=O) groups is 2. The topological polar surface area (TPSA) is 101 Å². The fourth-order valence-corrected chi connectivity index (χ4v) is 0.953. The van der Waals surface area contributed by atoms with Crippen LogP contribution in [0.5, 0.6) is 0 Å². The third-order valence-corrected chi connectivity index (χ3v) is 1.53. The summed E-state index contributed by atoms with van der Waals surface area (Å²) < 4.78 is 4.98. The minimum atomic E-state index is -1.15. The number of amides is 1.